The van der Waals surface area contributed by atoms with Crippen molar-refractivity contribution >= 4 is 39.3 Å². The molecule has 2 aliphatic heterocycles. The first-order valence-corrected chi connectivity index (χ1v) is 16.1. The van der Waals surface area contributed by atoms with Crippen LogP contribution in [-0.2, 0) is 19.6 Å². The van der Waals surface area contributed by atoms with Gasteiger partial charge in [0.25, 0.3) is 0 Å². The number of likely N-dealkylation sites (tertiary alicyclic amines) is 1. The van der Waals surface area contributed by atoms with Crippen molar-refractivity contribution in [1.82, 2.24) is 14.5 Å². The lowest BCUT2D eigenvalue weighted by Gasteiger charge is -2.35. The molecule has 1 saturated heterocycles. The number of hydrogen-bond donors (Lipinski definition) is 1. The normalized spacial score (nSPS) is 23.8. The number of piperidine rings is 1. The molecule has 2 amide bonds. The predicted octanol–water partition coefficient (Wildman–Crippen LogP) is 3.56. The number of anilines is 1. The summed E-state index contributed by atoms with van der Waals surface area (Å²) in [5.41, 5.74) is 0.505. The maximum Gasteiger partial charge on any atom is 0.243 e. The Morgan fingerprint density at radius 3 is 2.54 bits per heavy atom. The molecule has 3 aliphatic rings. The van der Waals surface area contributed by atoms with Gasteiger partial charge >= 0.3 is 0 Å². The van der Waals surface area contributed by atoms with Gasteiger partial charge < -0.3 is 15.1 Å². The van der Waals surface area contributed by atoms with Crippen molar-refractivity contribution < 1.29 is 18.0 Å². The molecule has 8 nitrogen and oxygen atoms in total. The standard InChI is InChI=1S/C27H42N4O4S2/c1-20-14-21(2)17-30(16-20)13-7-12-28-26(32)18-31-24-15-23(10-11-25(24)36-19-27(31)33)37(34,35)29(3)22-8-5-4-6-9-22/h10-11,15,20-22H,4-9,12-14,16-19H2,1-3H3,(H,28,32)/t20-,21-/m0/s1. The van der Waals surface area contributed by atoms with Crippen LogP contribution in [0.5, 0.6) is 0 Å². The summed E-state index contributed by atoms with van der Waals surface area (Å²) in [6, 6.07) is 4.96. The third kappa shape index (κ3) is 7.07. The van der Waals surface area contributed by atoms with Gasteiger partial charge in [0.1, 0.15) is 6.54 Å². The third-order valence-corrected chi connectivity index (χ3v) is 10.8. The minimum Gasteiger partial charge on any atom is -0.355 e. The van der Waals surface area contributed by atoms with Gasteiger partial charge in [0, 0.05) is 37.6 Å². The van der Waals surface area contributed by atoms with Crippen molar-refractivity contribution in [3.63, 3.8) is 0 Å². The highest BCUT2D eigenvalue weighted by atomic mass is 32.2. The number of sulfonamides is 1. The SMILES string of the molecule is C[C@H]1C[C@H](C)CN(CCCNC(=O)CN2C(=O)CSc3ccc(S(=O)(=O)N(C)C4CCCCC4)cc32)C1. The van der Waals surface area contributed by atoms with Gasteiger partial charge in [0.15, 0.2) is 0 Å². The summed E-state index contributed by atoms with van der Waals surface area (Å²) in [6.07, 6.45) is 7.11. The molecule has 0 aromatic heterocycles. The molecule has 0 spiro atoms. The molecule has 1 aromatic carbocycles. The van der Waals surface area contributed by atoms with Crippen LogP contribution < -0.4 is 10.2 Å². The number of thioether (sulfide) groups is 1. The maximum atomic E-state index is 13.4. The van der Waals surface area contributed by atoms with E-state index in [0.29, 0.717) is 24.1 Å². The molecule has 2 fully saturated rings. The molecule has 37 heavy (non-hydrogen) atoms. The minimum absolute atomic E-state index is 0.00373. The number of nitrogens with zero attached hydrogens (tertiary/aromatic N) is 3. The first-order valence-electron chi connectivity index (χ1n) is 13.7. The van der Waals surface area contributed by atoms with Gasteiger partial charge in [-0.3, -0.25) is 9.59 Å². The highest BCUT2D eigenvalue weighted by molar-refractivity contribution is 8.00. The number of benzene rings is 1. The molecule has 0 unspecified atom stereocenters. The van der Waals surface area contributed by atoms with E-state index in [1.807, 2.05) is 0 Å². The van der Waals surface area contributed by atoms with E-state index in [0.717, 1.165) is 63.1 Å². The second-order valence-corrected chi connectivity index (χ2v) is 14.1. The number of fused-ring (bicyclic) bond motifs is 1. The number of rotatable bonds is 9. The van der Waals surface area contributed by atoms with Crippen LogP contribution in [0.25, 0.3) is 0 Å². The van der Waals surface area contributed by atoms with Crippen molar-refractivity contribution in [3.05, 3.63) is 18.2 Å². The van der Waals surface area contributed by atoms with Crippen molar-refractivity contribution in [2.75, 3.05) is 50.4 Å². The first kappa shape index (κ1) is 28.4. The Hall–Kier alpha value is -1.62. The Morgan fingerprint density at radius 2 is 1.84 bits per heavy atom. The van der Waals surface area contributed by atoms with Crippen LogP contribution in [0.4, 0.5) is 5.69 Å². The maximum absolute atomic E-state index is 13.4. The molecule has 1 aromatic rings. The Kier molecular flexibility index (Phi) is 9.58. The average Bonchev–Trinajstić information content (AvgIpc) is 2.87. The van der Waals surface area contributed by atoms with E-state index >= 15 is 0 Å². The second kappa shape index (κ2) is 12.5. The highest BCUT2D eigenvalue weighted by Crippen LogP contribution is 2.38. The smallest absolute Gasteiger partial charge is 0.243 e. The summed E-state index contributed by atoms with van der Waals surface area (Å²) in [6.45, 7) is 8.20. The zero-order valence-corrected chi connectivity index (χ0v) is 24.1. The Labute approximate surface area is 226 Å². The van der Waals surface area contributed by atoms with Gasteiger partial charge in [-0.25, -0.2) is 8.42 Å². The van der Waals surface area contributed by atoms with Crippen LogP contribution in [0.3, 0.4) is 0 Å². The summed E-state index contributed by atoms with van der Waals surface area (Å²) < 4.78 is 28.3. The van der Waals surface area contributed by atoms with Crippen LogP contribution >= 0.6 is 11.8 Å². The molecule has 1 saturated carbocycles. The molecule has 4 rings (SSSR count). The van der Waals surface area contributed by atoms with Crippen molar-refractivity contribution in [1.29, 1.82) is 0 Å². The molecular formula is C27H42N4O4S2. The van der Waals surface area contributed by atoms with E-state index in [4.69, 9.17) is 0 Å². The second-order valence-electron chi connectivity index (χ2n) is 11.1. The fourth-order valence-electron chi connectivity index (χ4n) is 6.03. The largest absolute Gasteiger partial charge is 0.355 e. The van der Waals surface area contributed by atoms with Crippen LogP contribution in [-0.4, -0.2) is 81.0 Å². The molecule has 1 aliphatic carbocycles. The monoisotopic (exact) mass is 550 g/mol. The zero-order valence-electron chi connectivity index (χ0n) is 22.4. The lowest BCUT2D eigenvalue weighted by molar-refractivity contribution is -0.123. The summed E-state index contributed by atoms with van der Waals surface area (Å²) in [5, 5.41) is 2.96. The van der Waals surface area contributed by atoms with E-state index in [2.05, 4.69) is 24.1 Å². The van der Waals surface area contributed by atoms with Gasteiger partial charge in [0.2, 0.25) is 21.8 Å². The molecule has 10 heteroatoms. The van der Waals surface area contributed by atoms with Gasteiger partial charge in [-0.05, 0) is 62.3 Å². The van der Waals surface area contributed by atoms with Crippen LogP contribution in [0.1, 0.15) is 58.8 Å². The fourth-order valence-corrected chi connectivity index (χ4v) is 8.38. The van der Waals surface area contributed by atoms with E-state index in [1.165, 1.54) is 27.4 Å². The number of hydrogen-bond acceptors (Lipinski definition) is 6. The van der Waals surface area contributed by atoms with E-state index < -0.39 is 10.0 Å². The van der Waals surface area contributed by atoms with Gasteiger partial charge in [0.05, 0.1) is 16.3 Å². The predicted molar refractivity (Wildman–Crippen MR) is 148 cm³/mol. The average molecular weight is 551 g/mol. The van der Waals surface area contributed by atoms with Gasteiger partial charge in [-0.15, -0.1) is 11.8 Å². The Morgan fingerprint density at radius 1 is 1.14 bits per heavy atom. The van der Waals surface area contributed by atoms with E-state index in [-0.39, 0.29) is 35.0 Å². The van der Waals surface area contributed by atoms with Gasteiger partial charge in [-0.1, -0.05) is 33.1 Å². The zero-order chi connectivity index (χ0) is 26.6. The summed E-state index contributed by atoms with van der Waals surface area (Å²) in [4.78, 5) is 30.5. The minimum atomic E-state index is -3.70. The molecule has 1 N–H and O–H groups in total. The summed E-state index contributed by atoms with van der Waals surface area (Å²) >= 11 is 1.38. The van der Waals surface area contributed by atoms with Crippen molar-refractivity contribution in [2.24, 2.45) is 11.8 Å². The molecule has 2 atom stereocenters. The molecule has 206 valence electrons. The summed E-state index contributed by atoms with van der Waals surface area (Å²) in [7, 11) is -2.04. The topological polar surface area (TPSA) is 90.0 Å². The molecule has 0 bridgehead atoms. The van der Waals surface area contributed by atoms with Crippen molar-refractivity contribution in [2.45, 2.75) is 74.6 Å². The lowest BCUT2D eigenvalue weighted by atomic mass is 9.92. The number of carbonyl (C=O) groups is 2. The fraction of sp³-hybridized carbons (Fsp3) is 0.704. The lowest BCUT2D eigenvalue weighted by Crippen LogP contribution is -2.44. The van der Waals surface area contributed by atoms with Crippen molar-refractivity contribution in [3.8, 4) is 0 Å². The number of nitrogens with one attached hydrogen (secondary N) is 1. The molecular weight excluding hydrogens is 508 g/mol. The Balaban J connectivity index is 1.37. The van der Waals surface area contributed by atoms with Crippen LogP contribution in [0, 0.1) is 11.8 Å². The highest BCUT2D eigenvalue weighted by Gasteiger charge is 2.32. The van der Waals surface area contributed by atoms with E-state index in [1.54, 1.807) is 25.2 Å². The quantitative estimate of drug-likeness (QED) is 0.473. The third-order valence-electron chi connectivity index (χ3n) is 7.86. The van der Waals surface area contributed by atoms with Crippen LogP contribution in [0.2, 0.25) is 0 Å². The first-order chi connectivity index (χ1) is 17.6. The molecule has 2 heterocycles. The van der Waals surface area contributed by atoms with E-state index in [9.17, 15) is 18.0 Å². The Bertz CT molecular complexity index is 1060. The van der Waals surface area contributed by atoms with Crippen LogP contribution in [0.15, 0.2) is 28.0 Å². The molecule has 0 radical (unpaired) electrons. The summed E-state index contributed by atoms with van der Waals surface area (Å²) in [5.74, 6) is 1.24. The number of amides is 2. The number of carbonyl (C=O) groups excluding carboxylic acids is 2. The van der Waals surface area contributed by atoms with Gasteiger partial charge in [-0.2, -0.15) is 4.31 Å².